The first-order valence-corrected chi connectivity index (χ1v) is 7.72. The molecule has 0 spiro atoms. The summed E-state index contributed by atoms with van der Waals surface area (Å²) >= 11 is 0. The van der Waals surface area contributed by atoms with E-state index in [0.29, 0.717) is 6.42 Å². The van der Waals surface area contributed by atoms with Crippen LogP contribution in [0.5, 0.6) is 5.75 Å². The van der Waals surface area contributed by atoms with Crippen LogP contribution in [0.15, 0.2) is 42.5 Å². The highest BCUT2D eigenvalue weighted by molar-refractivity contribution is 5.95. The maximum atomic E-state index is 12.4. The number of carbonyl (C=O) groups is 1. The van der Waals surface area contributed by atoms with Crippen LogP contribution in [-0.4, -0.2) is 18.6 Å². The first-order chi connectivity index (χ1) is 10.8. The molecule has 0 aliphatic carbocycles. The predicted octanol–water partition coefficient (Wildman–Crippen LogP) is 3.41. The molecule has 4 rings (SSSR count). The molecule has 1 atom stereocenters. The minimum absolute atomic E-state index is 0. The molecule has 4 nitrogen and oxygen atoms in total. The fourth-order valence-corrected chi connectivity index (χ4v) is 3.10. The lowest BCUT2D eigenvalue weighted by Crippen LogP contribution is -2.31. The van der Waals surface area contributed by atoms with E-state index >= 15 is 0 Å². The molecule has 2 aliphatic heterocycles. The number of anilines is 2. The highest BCUT2D eigenvalue weighted by Crippen LogP contribution is 2.29. The van der Waals surface area contributed by atoms with Crippen LogP contribution < -0.4 is 15.4 Å². The molecule has 5 heteroatoms. The highest BCUT2D eigenvalue weighted by atomic mass is 35.5. The monoisotopic (exact) mass is 330 g/mol. The molecule has 0 saturated carbocycles. The molecule has 0 bridgehead atoms. The number of hydrogen-bond donors (Lipinski definition) is 2. The van der Waals surface area contributed by atoms with E-state index < -0.39 is 6.10 Å². The molecule has 120 valence electrons. The Bertz CT molecular complexity index is 708. The van der Waals surface area contributed by atoms with Gasteiger partial charge in [0.1, 0.15) is 5.75 Å². The van der Waals surface area contributed by atoms with Crippen LogP contribution in [0.4, 0.5) is 11.4 Å². The normalized spacial score (nSPS) is 17.8. The van der Waals surface area contributed by atoms with Gasteiger partial charge in [-0.2, -0.15) is 0 Å². The van der Waals surface area contributed by atoms with Gasteiger partial charge in [0.05, 0.1) is 0 Å². The van der Waals surface area contributed by atoms with Crippen LogP contribution in [-0.2, 0) is 17.6 Å². The second kappa shape index (κ2) is 6.50. The fourth-order valence-electron chi connectivity index (χ4n) is 3.10. The van der Waals surface area contributed by atoms with Gasteiger partial charge in [-0.05, 0) is 48.2 Å². The van der Waals surface area contributed by atoms with Crippen molar-refractivity contribution in [3.05, 3.63) is 53.6 Å². The lowest BCUT2D eigenvalue weighted by molar-refractivity contribution is -0.122. The fraction of sp³-hybridized carbons (Fsp3) is 0.278. The Balaban J connectivity index is 0.00000156. The molecule has 2 N–H and O–H groups in total. The van der Waals surface area contributed by atoms with Gasteiger partial charge < -0.3 is 15.4 Å². The Hall–Kier alpha value is -2.20. The van der Waals surface area contributed by atoms with Crippen molar-refractivity contribution in [2.75, 3.05) is 17.2 Å². The molecular weight excluding hydrogens is 312 g/mol. The van der Waals surface area contributed by atoms with Crippen LogP contribution in [0, 0.1) is 0 Å². The van der Waals surface area contributed by atoms with Gasteiger partial charge in [-0.3, -0.25) is 4.79 Å². The van der Waals surface area contributed by atoms with Crippen molar-refractivity contribution >= 4 is 29.7 Å². The number of ether oxygens (including phenoxy) is 1. The van der Waals surface area contributed by atoms with Gasteiger partial charge in [0.2, 0.25) is 0 Å². The zero-order chi connectivity index (χ0) is 14.9. The summed E-state index contributed by atoms with van der Waals surface area (Å²) in [7, 11) is 0. The Morgan fingerprint density at radius 1 is 1.17 bits per heavy atom. The van der Waals surface area contributed by atoms with Crippen LogP contribution in [0.25, 0.3) is 0 Å². The first-order valence-electron chi connectivity index (χ1n) is 7.72. The van der Waals surface area contributed by atoms with Crippen molar-refractivity contribution in [1.82, 2.24) is 0 Å². The number of rotatable bonds is 2. The van der Waals surface area contributed by atoms with E-state index in [1.165, 1.54) is 11.3 Å². The van der Waals surface area contributed by atoms with Crippen molar-refractivity contribution in [2.24, 2.45) is 0 Å². The van der Waals surface area contributed by atoms with Crippen molar-refractivity contribution in [2.45, 2.75) is 25.4 Å². The number of aryl methyl sites for hydroxylation is 1. The van der Waals surface area contributed by atoms with E-state index in [1.54, 1.807) is 0 Å². The molecule has 2 aliphatic rings. The molecule has 1 unspecified atom stereocenters. The summed E-state index contributed by atoms with van der Waals surface area (Å²) in [5.41, 5.74) is 4.37. The van der Waals surface area contributed by atoms with Gasteiger partial charge in [-0.15, -0.1) is 12.4 Å². The second-order valence-corrected chi connectivity index (χ2v) is 5.81. The SMILES string of the molecule is Cl.O=C(Nc1ccc2c(c1)CCCN2)C1Cc2ccccc2O1. The third-order valence-corrected chi connectivity index (χ3v) is 4.25. The number of halogens is 1. The average molecular weight is 331 g/mol. The van der Waals surface area contributed by atoms with Crippen molar-refractivity contribution in [3.63, 3.8) is 0 Å². The molecule has 23 heavy (non-hydrogen) atoms. The number of benzene rings is 2. The van der Waals surface area contributed by atoms with Gasteiger partial charge in [0.25, 0.3) is 5.91 Å². The third kappa shape index (κ3) is 3.13. The van der Waals surface area contributed by atoms with Crippen LogP contribution in [0.3, 0.4) is 0 Å². The summed E-state index contributed by atoms with van der Waals surface area (Å²) in [6.07, 6.45) is 2.38. The highest BCUT2D eigenvalue weighted by Gasteiger charge is 2.28. The molecule has 2 aromatic carbocycles. The molecule has 2 heterocycles. The second-order valence-electron chi connectivity index (χ2n) is 5.81. The predicted molar refractivity (Wildman–Crippen MR) is 93.7 cm³/mol. The number of carbonyl (C=O) groups excluding carboxylic acids is 1. The lowest BCUT2D eigenvalue weighted by Gasteiger charge is -2.19. The average Bonchev–Trinajstić information content (AvgIpc) is 2.99. The van der Waals surface area contributed by atoms with Gasteiger partial charge in [-0.25, -0.2) is 0 Å². The molecule has 0 radical (unpaired) electrons. The maximum Gasteiger partial charge on any atom is 0.265 e. The van der Waals surface area contributed by atoms with Gasteiger partial charge >= 0.3 is 0 Å². The third-order valence-electron chi connectivity index (χ3n) is 4.25. The van der Waals surface area contributed by atoms with Crippen molar-refractivity contribution in [1.29, 1.82) is 0 Å². The number of para-hydroxylation sites is 1. The summed E-state index contributed by atoms with van der Waals surface area (Å²) in [4.78, 5) is 12.4. The molecule has 0 saturated heterocycles. The van der Waals surface area contributed by atoms with Crippen molar-refractivity contribution < 1.29 is 9.53 Å². The Morgan fingerprint density at radius 2 is 2.04 bits per heavy atom. The van der Waals surface area contributed by atoms with E-state index in [1.807, 2.05) is 36.4 Å². The Labute approximate surface area is 141 Å². The maximum absolute atomic E-state index is 12.4. The summed E-state index contributed by atoms with van der Waals surface area (Å²) in [5, 5.41) is 6.35. The standard InChI is InChI=1S/C18H18N2O2.ClH/c21-18(17-11-13-4-1-2-6-16(13)22-17)20-14-7-8-15-12(10-14)5-3-9-19-15;/h1-2,4,6-8,10,17,19H,3,5,9,11H2,(H,20,21);1H. The van der Waals surface area contributed by atoms with Crippen molar-refractivity contribution in [3.8, 4) is 5.75 Å². The molecule has 0 aromatic heterocycles. The van der Waals surface area contributed by atoms with Gasteiger partial charge in [-0.1, -0.05) is 18.2 Å². The first kappa shape index (κ1) is 15.7. The summed E-state index contributed by atoms with van der Waals surface area (Å²) in [6, 6.07) is 13.8. The summed E-state index contributed by atoms with van der Waals surface area (Å²) in [5.74, 6) is 0.734. The van der Waals surface area contributed by atoms with E-state index in [-0.39, 0.29) is 18.3 Å². The molecule has 2 aromatic rings. The quantitative estimate of drug-likeness (QED) is 0.887. The number of amides is 1. The van der Waals surface area contributed by atoms with E-state index in [9.17, 15) is 4.79 Å². The minimum Gasteiger partial charge on any atom is -0.480 e. The molecule has 0 fully saturated rings. The van der Waals surface area contributed by atoms with Crippen LogP contribution >= 0.6 is 12.4 Å². The summed E-state index contributed by atoms with van der Waals surface area (Å²) < 4.78 is 5.73. The topological polar surface area (TPSA) is 50.4 Å². The molecular formula is C18H19ClN2O2. The van der Waals surface area contributed by atoms with E-state index in [2.05, 4.69) is 16.7 Å². The Kier molecular flexibility index (Phi) is 4.44. The zero-order valence-corrected chi connectivity index (χ0v) is 13.5. The van der Waals surface area contributed by atoms with E-state index in [0.717, 1.165) is 36.4 Å². The van der Waals surface area contributed by atoms with Crippen LogP contribution in [0.2, 0.25) is 0 Å². The molecule has 1 amide bonds. The van der Waals surface area contributed by atoms with Gasteiger partial charge in [0, 0.05) is 24.3 Å². The number of hydrogen-bond acceptors (Lipinski definition) is 3. The smallest absolute Gasteiger partial charge is 0.265 e. The summed E-state index contributed by atoms with van der Waals surface area (Å²) in [6.45, 7) is 1.02. The van der Waals surface area contributed by atoms with Crippen LogP contribution in [0.1, 0.15) is 17.5 Å². The zero-order valence-electron chi connectivity index (χ0n) is 12.7. The number of nitrogens with one attached hydrogen (secondary N) is 2. The Morgan fingerprint density at radius 3 is 2.91 bits per heavy atom. The number of fused-ring (bicyclic) bond motifs is 2. The lowest BCUT2D eigenvalue weighted by atomic mass is 10.0. The largest absolute Gasteiger partial charge is 0.480 e. The van der Waals surface area contributed by atoms with Gasteiger partial charge in [0.15, 0.2) is 6.10 Å². The minimum atomic E-state index is -0.438. The van der Waals surface area contributed by atoms with E-state index in [4.69, 9.17) is 4.74 Å².